The largest absolute Gasteiger partial charge is 0.459 e. The third-order valence-corrected chi connectivity index (χ3v) is 4.08. The van der Waals surface area contributed by atoms with Gasteiger partial charge in [-0.25, -0.2) is 4.99 Å². The normalized spacial score (nSPS) is 11.3. The average molecular weight is 348 g/mol. The number of carbonyl (C=O) groups is 1. The minimum atomic E-state index is -0.171. The molecule has 0 aliphatic carbocycles. The molecule has 0 aliphatic heterocycles. The van der Waals surface area contributed by atoms with Crippen LogP contribution in [0.1, 0.15) is 35.0 Å². The molecule has 0 bridgehead atoms. The van der Waals surface area contributed by atoms with E-state index in [9.17, 15) is 4.79 Å². The van der Waals surface area contributed by atoms with Gasteiger partial charge in [0.2, 0.25) is 0 Å². The fraction of sp³-hybridized carbons (Fsp3) is 0.412. The Balaban J connectivity index is 1.68. The highest BCUT2D eigenvalue weighted by atomic mass is 32.1. The Hall–Kier alpha value is -2.28. The summed E-state index contributed by atoms with van der Waals surface area (Å²) in [5.74, 6) is 1.00. The van der Waals surface area contributed by atoms with Gasteiger partial charge in [-0.1, -0.05) is 0 Å². The van der Waals surface area contributed by atoms with Crippen molar-refractivity contribution in [1.82, 2.24) is 16.0 Å². The number of nitrogens with one attached hydrogen (secondary N) is 3. The molecule has 0 aromatic carbocycles. The number of thiophene rings is 1. The summed E-state index contributed by atoms with van der Waals surface area (Å²) in [6.45, 7) is 6.67. The number of rotatable bonds is 8. The minimum absolute atomic E-state index is 0.171. The maximum Gasteiger partial charge on any atom is 0.287 e. The number of nitrogens with zero attached hydrogens (tertiary/aromatic N) is 1. The van der Waals surface area contributed by atoms with Gasteiger partial charge >= 0.3 is 0 Å². The van der Waals surface area contributed by atoms with Crippen LogP contribution in [0.15, 0.2) is 38.6 Å². The first-order chi connectivity index (χ1) is 11.7. The zero-order valence-electron chi connectivity index (χ0n) is 14.1. The van der Waals surface area contributed by atoms with Gasteiger partial charge in [0, 0.05) is 25.2 Å². The fourth-order valence-electron chi connectivity index (χ4n) is 2.08. The molecule has 0 fully saturated rings. The van der Waals surface area contributed by atoms with Crippen molar-refractivity contribution in [3.63, 3.8) is 0 Å². The van der Waals surface area contributed by atoms with Crippen molar-refractivity contribution in [2.75, 3.05) is 19.6 Å². The molecule has 0 atom stereocenters. The van der Waals surface area contributed by atoms with E-state index in [4.69, 9.17) is 4.42 Å². The summed E-state index contributed by atoms with van der Waals surface area (Å²) in [4.78, 5) is 16.4. The maximum atomic E-state index is 11.9. The predicted molar refractivity (Wildman–Crippen MR) is 97.5 cm³/mol. The Bertz CT molecular complexity index is 649. The van der Waals surface area contributed by atoms with Crippen LogP contribution in [-0.4, -0.2) is 31.5 Å². The van der Waals surface area contributed by atoms with Crippen LogP contribution in [0.25, 0.3) is 0 Å². The van der Waals surface area contributed by atoms with E-state index in [-0.39, 0.29) is 5.91 Å². The Morgan fingerprint density at radius 3 is 2.75 bits per heavy atom. The molecule has 0 saturated heterocycles. The average Bonchev–Trinajstić information content (AvgIpc) is 3.23. The first-order valence-electron chi connectivity index (χ1n) is 8.06. The number of carbonyl (C=O) groups excluding carboxylic acids is 1. The van der Waals surface area contributed by atoms with E-state index in [1.54, 1.807) is 17.4 Å². The molecular weight excluding hydrogens is 324 g/mol. The predicted octanol–water partition coefficient (Wildman–Crippen LogP) is 2.52. The Labute approximate surface area is 146 Å². The second-order valence-electron chi connectivity index (χ2n) is 5.30. The van der Waals surface area contributed by atoms with Gasteiger partial charge in [-0.15, -0.1) is 0 Å². The molecule has 2 aromatic rings. The molecule has 6 nitrogen and oxygen atoms in total. The summed E-state index contributed by atoms with van der Waals surface area (Å²) in [5, 5.41) is 13.5. The Kier molecular flexibility index (Phi) is 7.35. The van der Waals surface area contributed by atoms with Gasteiger partial charge in [-0.3, -0.25) is 4.79 Å². The lowest BCUT2D eigenvalue weighted by atomic mass is 10.2. The third kappa shape index (κ3) is 5.73. The monoisotopic (exact) mass is 348 g/mol. The number of guanidine groups is 1. The molecule has 3 N–H and O–H groups in total. The summed E-state index contributed by atoms with van der Waals surface area (Å²) in [7, 11) is 0. The molecule has 1 amide bonds. The van der Waals surface area contributed by atoms with Gasteiger partial charge in [0.1, 0.15) is 0 Å². The molecule has 0 spiro atoms. The van der Waals surface area contributed by atoms with Crippen LogP contribution >= 0.6 is 11.3 Å². The van der Waals surface area contributed by atoms with Crippen molar-refractivity contribution >= 4 is 23.2 Å². The van der Waals surface area contributed by atoms with Crippen molar-refractivity contribution in [3.05, 3.63) is 46.0 Å². The highest BCUT2D eigenvalue weighted by Gasteiger charge is 2.11. The molecule has 0 aliphatic rings. The second-order valence-corrected chi connectivity index (χ2v) is 6.08. The van der Waals surface area contributed by atoms with E-state index in [1.807, 2.05) is 13.8 Å². The van der Waals surface area contributed by atoms with Crippen molar-refractivity contribution < 1.29 is 9.21 Å². The van der Waals surface area contributed by atoms with Gasteiger partial charge in [-0.2, -0.15) is 11.3 Å². The lowest BCUT2D eigenvalue weighted by Gasteiger charge is -2.11. The van der Waals surface area contributed by atoms with Crippen LogP contribution in [0.2, 0.25) is 0 Å². The molecule has 0 unspecified atom stereocenters. The maximum absolute atomic E-state index is 11.9. The van der Waals surface area contributed by atoms with Crippen LogP contribution in [-0.2, 0) is 6.54 Å². The Morgan fingerprint density at radius 2 is 2.08 bits per heavy atom. The summed E-state index contributed by atoms with van der Waals surface area (Å²) < 4.78 is 5.16. The van der Waals surface area contributed by atoms with Crippen molar-refractivity contribution in [2.24, 2.45) is 4.99 Å². The molecule has 2 aromatic heterocycles. The number of aliphatic imine (C=N–C) groups is 1. The van der Waals surface area contributed by atoms with E-state index in [1.165, 1.54) is 11.8 Å². The van der Waals surface area contributed by atoms with Crippen LogP contribution in [0.5, 0.6) is 0 Å². The van der Waals surface area contributed by atoms with Crippen LogP contribution in [0.3, 0.4) is 0 Å². The molecule has 7 heteroatoms. The van der Waals surface area contributed by atoms with E-state index >= 15 is 0 Å². The van der Waals surface area contributed by atoms with Crippen LogP contribution in [0, 0.1) is 6.92 Å². The molecule has 0 saturated carbocycles. The molecule has 24 heavy (non-hydrogen) atoms. The van der Waals surface area contributed by atoms with Crippen molar-refractivity contribution in [2.45, 2.75) is 26.8 Å². The van der Waals surface area contributed by atoms with Gasteiger partial charge < -0.3 is 20.4 Å². The molecule has 2 rings (SSSR count). The fourth-order valence-corrected chi connectivity index (χ4v) is 2.74. The zero-order valence-corrected chi connectivity index (χ0v) is 14.9. The van der Waals surface area contributed by atoms with E-state index < -0.39 is 0 Å². The summed E-state index contributed by atoms with van der Waals surface area (Å²) in [5.41, 5.74) is 2.05. The SMILES string of the molecule is CCNC(=NCc1ccsc1)NCCCNC(=O)c1occc1C. The third-order valence-electron chi connectivity index (χ3n) is 3.34. The van der Waals surface area contributed by atoms with E-state index in [0.717, 1.165) is 31.0 Å². The first kappa shape index (κ1) is 18.1. The van der Waals surface area contributed by atoms with Crippen molar-refractivity contribution in [3.8, 4) is 0 Å². The number of hydrogen-bond donors (Lipinski definition) is 3. The molecule has 130 valence electrons. The number of aryl methyl sites for hydroxylation is 1. The Morgan fingerprint density at radius 1 is 1.25 bits per heavy atom. The summed E-state index contributed by atoms with van der Waals surface area (Å²) >= 11 is 1.67. The molecular formula is C17H24N4O2S. The topological polar surface area (TPSA) is 78.7 Å². The highest BCUT2D eigenvalue weighted by Crippen LogP contribution is 2.08. The number of furan rings is 1. The van der Waals surface area contributed by atoms with Gasteiger partial charge in [-0.05, 0) is 48.7 Å². The smallest absolute Gasteiger partial charge is 0.287 e. The van der Waals surface area contributed by atoms with E-state index in [0.29, 0.717) is 18.8 Å². The van der Waals surface area contributed by atoms with Crippen LogP contribution < -0.4 is 16.0 Å². The van der Waals surface area contributed by atoms with Gasteiger partial charge in [0.25, 0.3) is 5.91 Å². The second kappa shape index (κ2) is 9.77. The summed E-state index contributed by atoms with van der Waals surface area (Å²) in [6, 6.07) is 3.85. The zero-order chi connectivity index (χ0) is 17.2. The summed E-state index contributed by atoms with van der Waals surface area (Å²) in [6.07, 6.45) is 2.33. The van der Waals surface area contributed by atoms with Crippen molar-refractivity contribution in [1.29, 1.82) is 0 Å². The quantitative estimate of drug-likeness (QED) is 0.389. The minimum Gasteiger partial charge on any atom is -0.459 e. The van der Waals surface area contributed by atoms with Crippen LogP contribution in [0.4, 0.5) is 0 Å². The number of hydrogen-bond acceptors (Lipinski definition) is 4. The van der Waals surface area contributed by atoms with E-state index in [2.05, 4.69) is 37.8 Å². The standard InChI is InChI=1S/C17H24N4O2S/c1-3-18-17(21-11-14-6-10-24-12-14)20-8-4-7-19-16(22)15-13(2)5-9-23-15/h5-6,9-10,12H,3-4,7-8,11H2,1-2H3,(H,19,22)(H2,18,20,21). The lowest BCUT2D eigenvalue weighted by molar-refractivity contribution is 0.0925. The molecule has 0 radical (unpaired) electrons. The first-order valence-corrected chi connectivity index (χ1v) is 9.00. The lowest BCUT2D eigenvalue weighted by Crippen LogP contribution is -2.38. The number of amides is 1. The van der Waals surface area contributed by atoms with Gasteiger partial charge in [0.15, 0.2) is 11.7 Å². The molecule has 2 heterocycles. The highest BCUT2D eigenvalue weighted by molar-refractivity contribution is 7.07. The van der Waals surface area contributed by atoms with Gasteiger partial charge in [0.05, 0.1) is 12.8 Å².